The summed E-state index contributed by atoms with van der Waals surface area (Å²) in [7, 11) is 1.88. The first-order chi connectivity index (χ1) is 17.8. The predicted molar refractivity (Wildman–Crippen MR) is 138 cm³/mol. The number of benzene rings is 1. The summed E-state index contributed by atoms with van der Waals surface area (Å²) < 4.78 is 7.39. The van der Waals surface area contributed by atoms with Gasteiger partial charge in [-0.15, -0.1) is 10.2 Å². The van der Waals surface area contributed by atoms with E-state index >= 15 is 0 Å². The number of fused-ring (bicyclic) bond motifs is 2. The maximum Gasteiger partial charge on any atom is 0.309 e. The number of carbonyl (C=O) groups excluding carboxylic acids is 1. The lowest BCUT2D eigenvalue weighted by Gasteiger charge is -2.26. The van der Waals surface area contributed by atoms with Gasteiger partial charge in [-0.1, -0.05) is 39.0 Å². The number of aromatic amines is 1. The van der Waals surface area contributed by atoms with Gasteiger partial charge in [0.05, 0.1) is 23.3 Å². The smallest absolute Gasteiger partial charge is 0.309 e. The summed E-state index contributed by atoms with van der Waals surface area (Å²) in [6.07, 6.45) is 8.25. The van der Waals surface area contributed by atoms with Crippen LogP contribution in [0.25, 0.3) is 33.7 Å². The molecule has 0 fully saturated rings. The second-order valence-electron chi connectivity index (χ2n) is 10.5. The molecule has 188 valence electrons. The molecule has 10 heteroatoms. The molecule has 0 radical (unpaired) electrons. The van der Waals surface area contributed by atoms with Crippen LogP contribution in [0.15, 0.2) is 47.3 Å². The molecule has 4 aromatic heterocycles. The van der Waals surface area contributed by atoms with Gasteiger partial charge in [-0.25, -0.2) is 9.97 Å². The fraction of sp³-hybridized carbons (Fsp3) is 0.333. The number of rotatable bonds is 4. The molecular formula is C27H28N8O2. The van der Waals surface area contributed by atoms with Crippen LogP contribution < -0.4 is 5.32 Å². The largest absolute Gasteiger partial charge is 0.416 e. The van der Waals surface area contributed by atoms with E-state index in [2.05, 4.69) is 53.8 Å². The maximum atomic E-state index is 12.9. The zero-order chi connectivity index (χ0) is 25.7. The van der Waals surface area contributed by atoms with E-state index in [4.69, 9.17) is 4.42 Å². The van der Waals surface area contributed by atoms with Crippen molar-refractivity contribution in [1.82, 2.24) is 40.2 Å². The number of hydrogen-bond donors (Lipinski definition) is 2. The van der Waals surface area contributed by atoms with Crippen LogP contribution in [0, 0.1) is 0 Å². The molecule has 5 aromatic rings. The van der Waals surface area contributed by atoms with Gasteiger partial charge >= 0.3 is 11.8 Å². The summed E-state index contributed by atoms with van der Waals surface area (Å²) >= 11 is 0. The van der Waals surface area contributed by atoms with Crippen LogP contribution in [0.5, 0.6) is 0 Å². The Kier molecular flexibility index (Phi) is 5.40. The Bertz CT molecular complexity index is 1620. The second kappa shape index (κ2) is 8.65. The number of H-pyrrole nitrogens is 1. The highest BCUT2D eigenvalue weighted by Gasteiger charge is 2.27. The molecule has 6 rings (SSSR count). The summed E-state index contributed by atoms with van der Waals surface area (Å²) in [5.74, 6) is 0.831. The zero-order valence-electron chi connectivity index (χ0n) is 21.2. The van der Waals surface area contributed by atoms with Crippen molar-refractivity contribution in [3.63, 3.8) is 0 Å². The zero-order valence-corrected chi connectivity index (χ0v) is 21.2. The van der Waals surface area contributed by atoms with Gasteiger partial charge in [0.2, 0.25) is 5.89 Å². The highest BCUT2D eigenvalue weighted by molar-refractivity contribution is 5.92. The number of aromatic nitrogens is 7. The van der Waals surface area contributed by atoms with Gasteiger partial charge in [0, 0.05) is 30.4 Å². The number of carbonyl (C=O) groups is 1. The normalized spacial score (nSPS) is 15.6. The fourth-order valence-electron chi connectivity index (χ4n) is 4.80. The summed E-state index contributed by atoms with van der Waals surface area (Å²) in [5.41, 5.74) is 6.57. The fourth-order valence-corrected chi connectivity index (χ4v) is 4.80. The van der Waals surface area contributed by atoms with E-state index in [-0.39, 0.29) is 23.3 Å². The number of aryl methyl sites for hydroxylation is 2. The third kappa shape index (κ3) is 4.28. The van der Waals surface area contributed by atoms with Crippen molar-refractivity contribution in [3.8, 4) is 22.5 Å². The van der Waals surface area contributed by atoms with Gasteiger partial charge in [-0.2, -0.15) is 5.10 Å². The Morgan fingerprint density at radius 1 is 1.19 bits per heavy atom. The van der Waals surface area contributed by atoms with Crippen molar-refractivity contribution in [2.24, 2.45) is 7.05 Å². The van der Waals surface area contributed by atoms with Crippen molar-refractivity contribution in [2.75, 3.05) is 0 Å². The Hall–Kier alpha value is -4.34. The molecule has 4 heterocycles. The number of nitrogens with one attached hydrogen (secondary N) is 2. The average Bonchev–Trinajstić information content (AvgIpc) is 3.62. The Balaban J connectivity index is 1.29. The van der Waals surface area contributed by atoms with Crippen molar-refractivity contribution in [1.29, 1.82) is 0 Å². The SMILES string of the molecule is Cn1cc(-c2nc3nccc(-c4ccc5c(c4)CCCC5NC(=O)c4nnc(C(C)(C)C)o4)c3[nH]2)cn1. The topological polar surface area (TPSA) is 127 Å². The van der Waals surface area contributed by atoms with E-state index in [1.807, 2.05) is 40.1 Å². The van der Waals surface area contributed by atoms with Crippen LogP contribution in [0.4, 0.5) is 0 Å². The lowest BCUT2D eigenvalue weighted by Crippen LogP contribution is -2.31. The lowest BCUT2D eigenvalue weighted by atomic mass is 9.85. The number of hydrogen-bond acceptors (Lipinski definition) is 7. The van der Waals surface area contributed by atoms with E-state index < -0.39 is 0 Å². The summed E-state index contributed by atoms with van der Waals surface area (Å²) in [6, 6.07) is 8.29. The highest BCUT2D eigenvalue weighted by Crippen LogP contribution is 2.35. The third-order valence-electron chi connectivity index (χ3n) is 6.70. The second-order valence-corrected chi connectivity index (χ2v) is 10.5. The molecule has 0 saturated carbocycles. The Labute approximate surface area is 213 Å². The summed E-state index contributed by atoms with van der Waals surface area (Å²) in [5, 5.41) is 15.3. The number of nitrogens with zero attached hydrogens (tertiary/aromatic N) is 6. The number of amides is 1. The van der Waals surface area contributed by atoms with Gasteiger partial charge in [-0.05, 0) is 42.0 Å². The van der Waals surface area contributed by atoms with Crippen LogP contribution in [0.1, 0.15) is 67.4 Å². The predicted octanol–water partition coefficient (Wildman–Crippen LogP) is 4.51. The van der Waals surface area contributed by atoms with Crippen molar-refractivity contribution in [3.05, 3.63) is 65.8 Å². The van der Waals surface area contributed by atoms with Crippen LogP contribution >= 0.6 is 0 Å². The number of imidazole rings is 1. The Morgan fingerprint density at radius 3 is 2.81 bits per heavy atom. The first kappa shape index (κ1) is 23.1. The van der Waals surface area contributed by atoms with Crippen LogP contribution in [0.3, 0.4) is 0 Å². The molecule has 37 heavy (non-hydrogen) atoms. The number of pyridine rings is 1. The molecule has 2 N–H and O–H groups in total. The molecule has 10 nitrogen and oxygen atoms in total. The molecule has 1 aromatic carbocycles. The van der Waals surface area contributed by atoms with Crippen LogP contribution in [-0.2, 0) is 18.9 Å². The van der Waals surface area contributed by atoms with Crippen molar-refractivity contribution >= 4 is 17.1 Å². The minimum atomic E-state index is -0.346. The van der Waals surface area contributed by atoms with Crippen molar-refractivity contribution in [2.45, 2.75) is 51.5 Å². The van der Waals surface area contributed by atoms with Gasteiger partial charge in [0.1, 0.15) is 5.82 Å². The highest BCUT2D eigenvalue weighted by atomic mass is 16.4. The molecular weight excluding hydrogens is 468 g/mol. The average molecular weight is 497 g/mol. The van der Waals surface area contributed by atoms with E-state index in [1.165, 1.54) is 5.56 Å². The monoisotopic (exact) mass is 496 g/mol. The molecule has 1 aliphatic carbocycles. The Morgan fingerprint density at radius 2 is 2.05 bits per heavy atom. The van der Waals surface area contributed by atoms with Crippen molar-refractivity contribution < 1.29 is 9.21 Å². The molecule has 1 aliphatic rings. The molecule has 1 atom stereocenters. The molecule has 1 amide bonds. The lowest BCUT2D eigenvalue weighted by molar-refractivity contribution is 0.0894. The van der Waals surface area contributed by atoms with E-state index in [1.54, 1.807) is 17.1 Å². The first-order valence-electron chi connectivity index (χ1n) is 12.4. The molecule has 0 saturated heterocycles. The maximum absolute atomic E-state index is 12.9. The minimum Gasteiger partial charge on any atom is -0.416 e. The quantitative estimate of drug-likeness (QED) is 0.375. The minimum absolute atomic E-state index is 0.00323. The molecule has 0 spiro atoms. The van der Waals surface area contributed by atoms with Crippen LogP contribution in [0.2, 0.25) is 0 Å². The molecule has 0 aliphatic heterocycles. The van der Waals surface area contributed by atoms with Gasteiger partial charge in [-0.3, -0.25) is 9.48 Å². The van der Waals surface area contributed by atoms with E-state index in [0.29, 0.717) is 11.5 Å². The third-order valence-corrected chi connectivity index (χ3v) is 6.70. The van der Waals surface area contributed by atoms with Gasteiger partial charge in [0.15, 0.2) is 5.65 Å². The van der Waals surface area contributed by atoms with E-state index in [9.17, 15) is 4.79 Å². The summed E-state index contributed by atoms with van der Waals surface area (Å²) in [4.78, 5) is 25.5. The molecule has 0 bridgehead atoms. The van der Waals surface area contributed by atoms with E-state index in [0.717, 1.165) is 52.9 Å². The first-order valence-corrected chi connectivity index (χ1v) is 12.4. The molecule has 1 unspecified atom stereocenters. The standard InChI is InChI=1S/C27H28N8O2/c1-27(2,3)26-34-33-25(37-26)24(36)30-20-7-5-6-15-12-16(8-9-18(15)20)19-10-11-28-23-21(19)31-22(32-23)17-13-29-35(4)14-17/h8-14,20H,5-7H2,1-4H3,(H,30,36)(H,28,31,32). The van der Waals surface area contributed by atoms with Gasteiger partial charge < -0.3 is 14.7 Å². The van der Waals surface area contributed by atoms with Gasteiger partial charge in [0.25, 0.3) is 0 Å². The van der Waals surface area contributed by atoms with Crippen LogP contribution in [-0.4, -0.2) is 40.8 Å². The summed E-state index contributed by atoms with van der Waals surface area (Å²) in [6.45, 7) is 5.91.